The maximum Gasteiger partial charge on any atom is 0.338 e. The number of cyclic esters (lactones) is 1. The van der Waals surface area contributed by atoms with E-state index < -0.39 is 29.9 Å². The molecule has 2 aliphatic carbocycles. The van der Waals surface area contributed by atoms with Crippen LogP contribution in [-0.2, 0) is 23.8 Å². The molecule has 0 aromatic rings. The summed E-state index contributed by atoms with van der Waals surface area (Å²) < 4.78 is 16.9. The van der Waals surface area contributed by atoms with Crippen LogP contribution >= 0.6 is 0 Å². The summed E-state index contributed by atoms with van der Waals surface area (Å²) in [7, 11) is 0. The summed E-state index contributed by atoms with van der Waals surface area (Å²) in [4.78, 5) is 24.5. The van der Waals surface area contributed by atoms with Gasteiger partial charge in [0.05, 0.1) is 18.6 Å². The summed E-state index contributed by atoms with van der Waals surface area (Å²) in [6.45, 7) is 7.75. The minimum Gasteiger partial charge on any atom is -0.462 e. The predicted molar refractivity (Wildman–Crippen MR) is 114 cm³/mol. The molecule has 0 bridgehead atoms. The molecule has 0 radical (unpaired) electrons. The van der Waals surface area contributed by atoms with Gasteiger partial charge in [-0.1, -0.05) is 25.2 Å². The van der Waals surface area contributed by atoms with Crippen LogP contribution < -0.4 is 0 Å². The highest BCUT2D eigenvalue weighted by molar-refractivity contribution is 5.78. The van der Waals surface area contributed by atoms with Crippen molar-refractivity contribution in [3.05, 3.63) is 23.8 Å². The molecule has 3 rings (SSSR count). The van der Waals surface area contributed by atoms with Crippen LogP contribution in [0.2, 0.25) is 0 Å². The molecule has 174 valence electrons. The molecule has 1 heterocycles. The van der Waals surface area contributed by atoms with Crippen molar-refractivity contribution in [3.8, 4) is 0 Å². The quantitative estimate of drug-likeness (QED) is 0.592. The van der Waals surface area contributed by atoms with E-state index in [9.17, 15) is 19.8 Å². The Labute approximate surface area is 184 Å². The van der Waals surface area contributed by atoms with Gasteiger partial charge < -0.3 is 24.4 Å². The second-order valence-electron chi connectivity index (χ2n) is 9.55. The van der Waals surface area contributed by atoms with Crippen molar-refractivity contribution in [1.82, 2.24) is 0 Å². The Morgan fingerprint density at radius 2 is 2.00 bits per heavy atom. The van der Waals surface area contributed by atoms with Gasteiger partial charge in [-0.3, -0.25) is 4.79 Å². The number of hydrogen-bond donors (Lipinski definition) is 2. The van der Waals surface area contributed by atoms with Gasteiger partial charge >= 0.3 is 11.9 Å². The highest BCUT2D eigenvalue weighted by Crippen LogP contribution is 2.44. The lowest BCUT2D eigenvalue weighted by atomic mass is 9.66. The van der Waals surface area contributed by atoms with E-state index in [-0.39, 0.29) is 36.2 Å². The van der Waals surface area contributed by atoms with Gasteiger partial charge in [-0.2, -0.15) is 0 Å². The third-order valence-corrected chi connectivity index (χ3v) is 6.69. The van der Waals surface area contributed by atoms with Gasteiger partial charge in [0.25, 0.3) is 0 Å². The van der Waals surface area contributed by atoms with Crippen molar-refractivity contribution in [3.63, 3.8) is 0 Å². The molecule has 0 aromatic carbocycles. The Kier molecular flexibility index (Phi) is 7.60. The smallest absolute Gasteiger partial charge is 0.338 e. The number of ether oxygens (including phenoxy) is 3. The van der Waals surface area contributed by atoms with Gasteiger partial charge in [-0.25, -0.2) is 4.79 Å². The molecule has 7 heteroatoms. The maximum absolute atomic E-state index is 12.8. The lowest BCUT2D eigenvalue weighted by molar-refractivity contribution is -0.178. The van der Waals surface area contributed by atoms with E-state index in [1.807, 2.05) is 19.1 Å². The lowest BCUT2D eigenvalue weighted by Gasteiger charge is -2.43. The first kappa shape index (κ1) is 24.0. The van der Waals surface area contributed by atoms with E-state index in [0.29, 0.717) is 25.9 Å². The number of hydrogen-bond acceptors (Lipinski definition) is 7. The number of carbonyl (C=O) groups excluding carboxylic acids is 2. The topological polar surface area (TPSA) is 102 Å². The van der Waals surface area contributed by atoms with Gasteiger partial charge in [0.2, 0.25) is 0 Å². The molecule has 1 fully saturated rings. The first-order valence-electron chi connectivity index (χ1n) is 11.4. The van der Waals surface area contributed by atoms with E-state index in [4.69, 9.17) is 14.2 Å². The average molecular weight is 437 g/mol. The molecule has 0 amide bonds. The first-order chi connectivity index (χ1) is 14.6. The van der Waals surface area contributed by atoms with Gasteiger partial charge in [-0.05, 0) is 51.0 Å². The molecule has 0 unspecified atom stereocenters. The van der Waals surface area contributed by atoms with Gasteiger partial charge in [-0.15, -0.1) is 0 Å². The summed E-state index contributed by atoms with van der Waals surface area (Å²) in [5.41, 5.74) is -0.0754. The van der Waals surface area contributed by atoms with Gasteiger partial charge in [0.15, 0.2) is 5.60 Å². The molecule has 0 saturated carbocycles. The van der Waals surface area contributed by atoms with Gasteiger partial charge in [0.1, 0.15) is 12.2 Å². The first-order valence-corrected chi connectivity index (χ1v) is 11.4. The second kappa shape index (κ2) is 9.84. The van der Waals surface area contributed by atoms with Crippen molar-refractivity contribution in [2.24, 2.45) is 17.8 Å². The molecule has 1 aliphatic heterocycles. The summed E-state index contributed by atoms with van der Waals surface area (Å²) in [5, 5.41) is 20.3. The number of aliphatic hydroxyl groups is 2. The van der Waals surface area contributed by atoms with Crippen molar-refractivity contribution in [2.75, 3.05) is 6.61 Å². The Bertz CT molecular complexity index is 725. The summed E-state index contributed by atoms with van der Waals surface area (Å²) in [5.74, 6) is -0.434. The van der Waals surface area contributed by atoms with Crippen LogP contribution in [0.3, 0.4) is 0 Å². The average Bonchev–Trinajstić information content (AvgIpc) is 2.66. The second-order valence-corrected chi connectivity index (χ2v) is 9.55. The van der Waals surface area contributed by atoms with Crippen molar-refractivity contribution < 1.29 is 34.0 Å². The summed E-state index contributed by atoms with van der Waals surface area (Å²) in [6.07, 6.45) is 6.17. The zero-order valence-electron chi connectivity index (χ0n) is 19.0. The van der Waals surface area contributed by atoms with Crippen molar-refractivity contribution in [1.29, 1.82) is 0 Å². The van der Waals surface area contributed by atoms with Gasteiger partial charge in [0, 0.05) is 25.4 Å². The fourth-order valence-electron chi connectivity index (χ4n) is 5.10. The Hall–Kier alpha value is -1.70. The van der Waals surface area contributed by atoms with E-state index >= 15 is 0 Å². The summed E-state index contributed by atoms with van der Waals surface area (Å²) >= 11 is 0. The van der Waals surface area contributed by atoms with E-state index in [1.165, 1.54) is 0 Å². The van der Waals surface area contributed by atoms with Crippen LogP contribution in [0.25, 0.3) is 0 Å². The zero-order valence-corrected chi connectivity index (χ0v) is 19.0. The highest BCUT2D eigenvalue weighted by Gasteiger charge is 2.44. The molecule has 3 aliphatic rings. The number of allylic oxidation sites excluding steroid dienone is 2. The fraction of sp³-hybridized carbons (Fsp3) is 0.750. The molecule has 1 saturated heterocycles. The van der Waals surface area contributed by atoms with Crippen LogP contribution in [0, 0.1) is 17.8 Å². The summed E-state index contributed by atoms with van der Waals surface area (Å²) in [6, 6.07) is 0. The number of aliphatic hydroxyl groups excluding tert-OH is 2. The van der Waals surface area contributed by atoms with Crippen molar-refractivity contribution in [2.45, 2.75) is 89.8 Å². The Morgan fingerprint density at radius 3 is 2.68 bits per heavy atom. The molecule has 7 atom stereocenters. The number of esters is 2. The minimum atomic E-state index is -1.06. The lowest BCUT2D eigenvalue weighted by Crippen LogP contribution is -2.46. The number of rotatable bonds is 7. The minimum absolute atomic E-state index is 0.0472. The zero-order chi connectivity index (χ0) is 22.8. The third-order valence-electron chi connectivity index (χ3n) is 6.69. The highest BCUT2D eigenvalue weighted by atomic mass is 16.6. The van der Waals surface area contributed by atoms with Crippen LogP contribution in [0.15, 0.2) is 23.8 Å². The molecule has 2 N–H and O–H groups in total. The molecular formula is C24H36O7. The van der Waals surface area contributed by atoms with Crippen LogP contribution in [0.5, 0.6) is 0 Å². The fourth-order valence-corrected chi connectivity index (χ4v) is 5.10. The van der Waals surface area contributed by atoms with E-state index in [1.54, 1.807) is 13.8 Å². The monoisotopic (exact) mass is 436 g/mol. The third kappa shape index (κ3) is 5.76. The van der Waals surface area contributed by atoms with Crippen molar-refractivity contribution >= 4 is 11.9 Å². The van der Waals surface area contributed by atoms with Crippen LogP contribution in [0.1, 0.15) is 59.8 Å². The molecule has 7 nitrogen and oxygen atoms in total. The molecule has 0 spiro atoms. The van der Waals surface area contributed by atoms with E-state index in [2.05, 4.69) is 13.0 Å². The molecule has 31 heavy (non-hydrogen) atoms. The van der Waals surface area contributed by atoms with E-state index in [0.717, 1.165) is 12.0 Å². The standard InChI is InChI=1S/C24H36O7/c1-5-29-24(3,4)23(28)31-20-12-16(25)10-15-7-6-14(2)19(22(15)20)9-8-18-11-17(26)13-21(27)30-18/h6-7,10,14,16-20,22,25-26H,5,8-9,11-13H2,1-4H3/t14-,16+,17+,18+,19-,20-,22-/m0/s1. The van der Waals surface area contributed by atoms with Crippen LogP contribution in [-0.4, -0.2) is 58.8 Å². The Balaban J connectivity index is 1.75. The SMILES string of the molecule is CCOC(C)(C)C(=O)O[C@H]1C[C@H](O)C=C2C=C[C@H](C)[C@H](CC[C@@H]3C[C@@H](O)CC(=O)O3)[C@H]21. The number of carbonyl (C=O) groups is 2. The van der Waals surface area contributed by atoms with Crippen LogP contribution in [0.4, 0.5) is 0 Å². The normalized spacial score (nSPS) is 35.7. The largest absolute Gasteiger partial charge is 0.462 e. The number of fused-ring (bicyclic) bond motifs is 1. The maximum atomic E-state index is 12.8. The predicted octanol–water partition coefficient (Wildman–Crippen LogP) is 2.69. The molecule has 0 aromatic heterocycles. The molecular weight excluding hydrogens is 400 g/mol. The Morgan fingerprint density at radius 1 is 1.26 bits per heavy atom.